The maximum absolute atomic E-state index is 12.4. The highest BCUT2D eigenvalue weighted by molar-refractivity contribution is 5.79. The molecule has 1 aliphatic carbocycles. The smallest absolute Gasteiger partial charge is 0.235 e. The molecular weight excluding hydrogens is 328 g/mol. The molecule has 0 aliphatic heterocycles. The largest absolute Gasteiger partial charge is 0.337 e. The fourth-order valence-corrected chi connectivity index (χ4v) is 3.08. The molecule has 136 valence electrons. The van der Waals surface area contributed by atoms with Crippen LogP contribution in [0.2, 0.25) is 0 Å². The summed E-state index contributed by atoms with van der Waals surface area (Å²) in [6, 6.07) is 10.3. The van der Waals surface area contributed by atoms with Crippen molar-refractivity contribution in [2.24, 2.45) is 5.92 Å². The maximum atomic E-state index is 12.4. The Kier molecular flexibility index (Phi) is 5.05. The molecule has 0 radical (unpaired) electrons. The van der Waals surface area contributed by atoms with E-state index >= 15 is 0 Å². The van der Waals surface area contributed by atoms with E-state index in [0.29, 0.717) is 0 Å². The van der Waals surface area contributed by atoms with Gasteiger partial charge in [-0.15, -0.1) is 0 Å². The van der Waals surface area contributed by atoms with Crippen molar-refractivity contribution in [3.63, 3.8) is 0 Å². The van der Waals surface area contributed by atoms with Crippen LogP contribution in [0, 0.1) is 17.2 Å². The lowest BCUT2D eigenvalue weighted by molar-refractivity contribution is -0.123. The van der Waals surface area contributed by atoms with Crippen LogP contribution in [0.1, 0.15) is 38.3 Å². The third-order valence-corrected chi connectivity index (χ3v) is 5.14. The summed E-state index contributed by atoms with van der Waals surface area (Å²) < 4.78 is 1.70. The van der Waals surface area contributed by atoms with Crippen molar-refractivity contribution < 1.29 is 4.79 Å². The van der Waals surface area contributed by atoms with Crippen molar-refractivity contribution in [1.82, 2.24) is 25.0 Å². The molecule has 1 N–H and O–H groups in total. The van der Waals surface area contributed by atoms with Gasteiger partial charge in [0, 0.05) is 6.04 Å². The molecular formula is C19H24N6O. The normalized spacial score (nSPS) is 17.3. The molecule has 1 heterocycles. The van der Waals surface area contributed by atoms with E-state index in [1.807, 2.05) is 43.1 Å². The molecule has 1 fully saturated rings. The predicted octanol–water partition coefficient (Wildman–Crippen LogP) is 2.07. The van der Waals surface area contributed by atoms with E-state index in [1.165, 1.54) is 6.33 Å². The first kappa shape index (κ1) is 18.1. The van der Waals surface area contributed by atoms with Crippen molar-refractivity contribution in [3.8, 4) is 11.8 Å². The van der Waals surface area contributed by atoms with Crippen LogP contribution in [0.5, 0.6) is 0 Å². The molecule has 0 saturated heterocycles. The van der Waals surface area contributed by atoms with Gasteiger partial charge in [0.25, 0.3) is 0 Å². The molecule has 1 aromatic heterocycles. The Morgan fingerprint density at radius 1 is 1.46 bits per heavy atom. The van der Waals surface area contributed by atoms with Gasteiger partial charge < -0.3 is 5.32 Å². The summed E-state index contributed by atoms with van der Waals surface area (Å²) in [6.45, 7) is 4.12. The number of carbonyl (C=O) groups excluding carboxylic acids is 1. The van der Waals surface area contributed by atoms with Gasteiger partial charge in [0.15, 0.2) is 0 Å². The Balaban J connectivity index is 1.59. The summed E-state index contributed by atoms with van der Waals surface area (Å²) in [5, 5.41) is 16.4. The standard InChI is InChI=1S/C19H24N6O/c1-14(15-4-8-17(9-5-15)25-13-21-12-22-25)24(3)10-18(26)23-19(2,11-20)16-6-7-16/h4-5,8-9,12-14,16H,6-7,10H2,1-3H3,(H,23,26). The van der Waals surface area contributed by atoms with Crippen molar-refractivity contribution in [3.05, 3.63) is 42.5 Å². The van der Waals surface area contributed by atoms with E-state index in [1.54, 1.807) is 11.0 Å². The quantitative estimate of drug-likeness (QED) is 0.824. The van der Waals surface area contributed by atoms with Crippen LogP contribution in [-0.4, -0.2) is 44.7 Å². The van der Waals surface area contributed by atoms with Crippen LogP contribution in [0.3, 0.4) is 0 Å². The highest BCUT2D eigenvalue weighted by Gasteiger charge is 2.43. The summed E-state index contributed by atoms with van der Waals surface area (Å²) in [6.07, 6.45) is 5.17. The van der Waals surface area contributed by atoms with Crippen LogP contribution in [0.25, 0.3) is 5.69 Å². The topological polar surface area (TPSA) is 86.8 Å². The number of likely N-dealkylation sites (N-methyl/N-ethyl adjacent to an activating group) is 1. The predicted molar refractivity (Wildman–Crippen MR) is 97.3 cm³/mol. The summed E-state index contributed by atoms with van der Waals surface area (Å²) in [5.74, 6) is 0.165. The van der Waals surface area contributed by atoms with E-state index in [9.17, 15) is 10.1 Å². The minimum absolute atomic E-state index is 0.0693. The molecule has 3 rings (SSSR count). The number of amides is 1. The number of benzene rings is 1. The van der Waals surface area contributed by atoms with Crippen LogP contribution in [-0.2, 0) is 4.79 Å². The second-order valence-corrected chi connectivity index (χ2v) is 7.16. The fraction of sp³-hybridized carbons (Fsp3) is 0.474. The number of hydrogen-bond donors (Lipinski definition) is 1. The molecule has 7 heteroatoms. The second kappa shape index (κ2) is 7.26. The van der Waals surface area contributed by atoms with Gasteiger partial charge in [-0.25, -0.2) is 9.67 Å². The van der Waals surface area contributed by atoms with Gasteiger partial charge in [-0.3, -0.25) is 9.69 Å². The molecule has 2 aromatic rings. The van der Waals surface area contributed by atoms with Crippen LogP contribution >= 0.6 is 0 Å². The van der Waals surface area contributed by atoms with Crippen LogP contribution < -0.4 is 5.32 Å². The second-order valence-electron chi connectivity index (χ2n) is 7.16. The number of nitriles is 1. The summed E-state index contributed by atoms with van der Waals surface area (Å²) in [7, 11) is 1.91. The molecule has 0 spiro atoms. The van der Waals surface area contributed by atoms with E-state index in [4.69, 9.17) is 0 Å². The first-order valence-electron chi connectivity index (χ1n) is 8.80. The van der Waals surface area contributed by atoms with Crippen molar-refractivity contribution in [2.45, 2.75) is 38.3 Å². The Hall–Kier alpha value is -2.72. The zero-order chi connectivity index (χ0) is 18.7. The minimum atomic E-state index is -0.749. The lowest BCUT2D eigenvalue weighted by Gasteiger charge is -2.28. The fourth-order valence-electron chi connectivity index (χ4n) is 3.08. The Bertz CT molecular complexity index is 790. The number of nitrogens with one attached hydrogen (secondary N) is 1. The van der Waals surface area contributed by atoms with E-state index in [2.05, 4.69) is 28.4 Å². The molecule has 2 unspecified atom stereocenters. The molecule has 7 nitrogen and oxygen atoms in total. The maximum Gasteiger partial charge on any atom is 0.235 e. The van der Waals surface area contributed by atoms with Crippen molar-refractivity contribution in [2.75, 3.05) is 13.6 Å². The highest BCUT2D eigenvalue weighted by Crippen LogP contribution is 2.39. The average Bonchev–Trinajstić information content (AvgIpc) is 3.37. The third kappa shape index (κ3) is 3.92. The molecule has 26 heavy (non-hydrogen) atoms. The zero-order valence-corrected chi connectivity index (χ0v) is 15.4. The van der Waals surface area contributed by atoms with Crippen LogP contribution in [0.15, 0.2) is 36.9 Å². The monoisotopic (exact) mass is 352 g/mol. The number of aromatic nitrogens is 3. The number of hydrogen-bond acceptors (Lipinski definition) is 5. The highest BCUT2D eigenvalue weighted by atomic mass is 16.2. The molecule has 2 atom stereocenters. The van der Waals surface area contributed by atoms with Crippen LogP contribution in [0.4, 0.5) is 0 Å². The molecule has 1 saturated carbocycles. The van der Waals surface area contributed by atoms with Crippen molar-refractivity contribution >= 4 is 5.91 Å². The van der Waals surface area contributed by atoms with Gasteiger partial charge in [-0.05, 0) is 57.4 Å². The molecule has 1 aromatic carbocycles. The minimum Gasteiger partial charge on any atom is -0.337 e. The van der Waals surface area contributed by atoms with E-state index < -0.39 is 5.54 Å². The summed E-state index contributed by atoms with van der Waals surface area (Å²) >= 11 is 0. The summed E-state index contributed by atoms with van der Waals surface area (Å²) in [4.78, 5) is 18.3. The SMILES string of the molecule is CC(c1ccc(-n2cncn2)cc1)N(C)CC(=O)NC(C)(C#N)C1CC1. The lowest BCUT2D eigenvalue weighted by atomic mass is 9.98. The number of rotatable bonds is 7. The number of nitrogens with zero attached hydrogens (tertiary/aromatic N) is 5. The first-order chi connectivity index (χ1) is 12.4. The molecule has 1 aliphatic rings. The number of carbonyl (C=O) groups is 1. The summed E-state index contributed by atoms with van der Waals surface area (Å²) in [5.41, 5.74) is 1.29. The van der Waals surface area contributed by atoms with Gasteiger partial charge in [0.2, 0.25) is 5.91 Å². The first-order valence-corrected chi connectivity index (χ1v) is 8.80. The van der Waals surface area contributed by atoms with Gasteiger partial charge in [0.05, 0.1) is 18.3 Å². The Morgan fingerprint density at radius 2 is 2.15 bits per heavy atom. The van der Waals surface area contributed by atoms with Crippen molar-refractivity contribution in [1.29, 1.82) is 5.26 Å². The van der Waals surface area contributed by atoms with Gasteiger partial charge in [0.1, 0.15) is 18.2 Å². The third-order valence-electron chi connectivity index (χ3n) is 5.14. The molecule has 1 amide bonds. The molecule has 0 bridgehead atoms. The Morgan fingerprint density at radius 3 is 2.69 bits per heavy atom. The zero-order valence-electron chi connectivity index (χ0n) is 15.4. The Labute approximate surface area is 153 Å². The lowest BCUT2D eigenvalue weighted by Crippen LogP contribution is -2.50. The van der Waals surface area contributed by atoms with E-state index in [-0.39, 0.29) is 24.4 Å². The van der Waals surface area contributed by atoms with Gasteiger partial charge in [-0.1, -0.05) is 12.1 Å². The van der Waals surface area contributed by atoms with Gasteiger partial charge in [-0.2, -0.15) is 10.4 Å². The van der Waals surface area contributed by atoms with Gasteiger partial charge >= 0.3 is 0 Å². The average molecular weight is 352 g/mol. The van der Waals surface area contributed by atoms with E-state index in [0.717, 1.165) is 24.1 Å².